The maximum Gasteiger partial charge on any atom is 0.257 e. The van der Waals surface area contributed by atoms with Gasteiger partial charge in [-0.25, -0.2) is 4.98 Å². The van der Waals surface area contributed by atoms with Crippen LogP contribution in [0.1, 0.15) is 68.1 Å². The zero-order chi connectivity index (χ0) is 17.1. The van der Waals surface area contributed by atoms with Crippen molar-refractivity contribution in [2.24, 2.45) is 0 Å². The summed E-state index contributed by atoms with van der Waals surface area (Å²) < 4.78 is 6.13. The van der Waals surface area contributed by atoms with Gasteiger partial charge < -0.3 is 15.0 Å². The van der Waals surface area contributed by atoms with Gasteiger partial charge in [0, 0.05) is 31.9 Å². The van der Waals surface area contributed by atoms with Crippen LogP contribution in [0.5, 0.6) is 0 Å². The Morgan fingerprint density at radius 1 is 1.20 bits per heavy atom. The van der Waals surface area contributed by atoms with Gasteiger partial charge in [0.1, 0.15) is 5.82 Å². The minimum atomic E-state index is 0.0712. The molecule has 3 aliphatic rings. The van der Waals surface area contributed by atoms with E-state index in [4.69, 9.17) is 4.74 Å². The highest BCUT2D eigenvalue weighted by Gasteiger charge is 2.40. The maximum absolute atomic E-state index is 12.9. The molecular weight excluding hydrogens is 314 g/mol. The number of anilines is 1. The summed E-state index contributed by atoms with van der Waals surface area (Å²) in [6, 6.07) is 4.12. The lowest BCUT2D eigenvalue weighted by molar-refractivity contribution is -0.0767. The number of amides is 1. The first-order valence-corrected chi connectivity index (χ1v) is 9.91. The predicted octanol–water partition coefficient (Wildman–Crippen LogP) is 3.61. The molecule has 1 aromatic rings. The average molecular weight is 343 g/mol. The molecule has 5 nitrogen and oxygen atoms in total. The number of rotatable bonds is 3. The van der Waals surface area contributed by atoms with Crippen molar-refractivity contribution in [3.05, 3.63) is 23.9 Å². The van der Waals surface area contributed by atoms with Gasteiger partial charge in [0.05, 0.1) is 11.2 Å². The quantitative estimate of drug-likeness (QED) is 0.911. The molecule has 25 heavy (non-hydrogen) atoms. The molecule has 2 aliphatic heterocycles. The molecule has 0 radical (unpaired) electrons. The summed E-state index contributed by atoms with van der Waals surface area (Å²) in [6.45, 7) is 2.54. The fourth-order valence-electron chi connectivity index (χ4n) is 4.67. The van der Waals surface area contributed by atoms with Crippen LogP contribution in [-0.4, -0.2) is 47.1 Å². The largest absolute Gasteiger partial charge is 0.375 e. The molecule has 1 aliphatic carbocycles. The first kappa shape index (κ1) is 16.8. The van der Waals surface area contributed by atoms with Gasteiger partial charge in [-0.1, -0.05) is 12.8 Å². The Labute approximate surface area is 150 Å². The van der Waals surface area contributed by atoms with Crippen molar-refractivity contribution in [1.82, 2.24) is 9.88 Å². The van der Waals surface area contributed by atoms with E-state index >= 15 is 0 Å². The monoisotopic (exact) mass is 343 g/mol. The smallest absolute Gasteiger partial charge is 0.257 e. The third-order valence-electron chi connectivity index (χ3n) is 6.03. The Balaban J connectivity index is 1.48. The molecule has 2 saturated heterocycles. The fourth-order valence-corrected chi connectivity index (χ4v) is 4.67. The number of likely N-dealkylation sites (tertiary alicyclic amines) is 1. The zero-order valence-corrected chi connectivity index (χ0v) is 15.0. The van der Waals surface area contributed by atoms with Gasteiger partial charge in [0.25, 0.3) is 5.91 Å². The molecule has 136 valence electrons. The van der Waals surface area contributed by atoms with E-state index in [1.807, 2.05) is 17.0 Å². The molecule has 1 saturated carbocycles. The summed E-state index contributed by atoms with van der Waals surface area (Å²) >= 11 is 0. The number of hydrogen-bond donors (Lipinski definition) is 1. The van der Waals surface area contributed by atoms with Crippen LogP contribution in [0, 0.1) is 0 Å². The van der Waals surface area contributed by atoms with E-state index in [2.05, 4.69) is 10.3 Å². The molecule has 1 atom stereocenters. The van der Waals surface area contributed by atoms with Gasteiger partial charge in [-0.3, -0.25) is 4.79 Å². The van der Waals surface area contributed by atoms with Crippen LogP contribution in [0.3, 0.4) is 0 Å². The second kappa shape index (κ2) is 7.32. The molecule has 5 heteroatoms. The zero-order valence-electron chi connectivity index (χ0n) is 15.0. The van der Waals surface area contributed by atoms with Crippen molar-refractivity contribution < 1.29 is 9.53 Å². The van der Waals surface area contributed by atoms with Crippen LogP contribution in [0.25, 0.3) is 0 Å². The lowest BCUT2D eigenvalue weighted by Crippen LogP contribution is -2.43. The molecule has 1 unspecified atom stereocenters. The summed E-state index contributed by atoms with van der Waals surface area (Å²) in [6.07, 6.45) is 12.1. The Hall–Kier alpha value is -1.62. The first-order valence-electron chi connectivity index (χ1n) is 9.91. The normalized spacial score (nSPS) is 25.9. The molecule has 4 rings (SSSR count). The van der Waals surface area contributed by atoms with Crippen LogP contribution in [0.2, 0.25) is 0 Å². The van der Waals surface area contributed by atoms with E-state index in [-0.39, 0.29) is 11.5 Å². The van der Waals surface area contributed by atoms with E-state index in [1.165, 1.54) is 32.1 Å². The lowest BCUT2D eigenvalue weighted by atomic mass is 9.89. The second-order valence-corrected chi connectivity index (χ2v) is 7.83. The molecule has 1 spiro atoms. The third-order valence-corrected chi connectivity index (χ3v) is 6.03. The van der Waals surface area contributed by atoms with Crippen LogP contribution in [0.4, 0.5) is 5.82 Å². The second-order valence-electron chi connectivity index (χ2n) is 7.83. The van der Waals surface area contributed by atoms with Gasteiger partial charge >= 0.3 is 0 Å². The average Bonchev–Trinajstić information content (AvgIpc) is 3.10. The van der Waals surface area contributed by atoms with Gasteiger partial charge in [-0.15, -0.1) is 0 Å². The van der Waals surface area contributed by atoms with Gasteiger partial charge in [0.2, 0.25) is 0 Å². The highest BCUT2D eigenvalue weighted by Crippen LogP contribution is 2.40. The fraction of sp³-hybridized carbons (Fsp3) is 0.700. The van der Waals surface area contributed by atoms with Crippen LogP contribution in [-0.2, 0) is 4.74 Å². The van der Waals surface area contributed by atoms with Crippen LogP contribution < -0.4 is 5.32 Å². The Bertz CT molecular complexity index is 607. The van der Waals surface area contributed by atoms with Crippen LogP contribution in [0.15, 0.2) is 18.3 Å². The van der Waals surface area contributed by atoms with E-state index < -0.39 is 0 Å². The Morgan fingerprint density at radius 2 is 2.00 bits per heavy atom. The van der Waals surface area contributed by atoms with E-state index in [9.17, 15) is 4.79 Å². The van der Waals surface area contributed by atoms with Crippen molar-refractivity contribution in [3.8, 4) is 0 Å². The van der Waals surface area contributed by atoms with E-state index in [0.717, 1.165) is 56.8 Å². The molecule has 0 aromatic carbocycles. The molecular formula is C20H29N3O2. The number of nitrogens with zero attached hydrogens (tertiary/aromatic N) is 2. The van der Waals surface area contributed by atoms with E-state index in [0.29, 0.717) is 6.04 Å². The van der Waals surface area contributed by atoms with Gasteiger partial charge in [-0.2, -0.15) is 0 Å². The van der Waals surface area contributed by atoms with Crippen molar-refractivity contribution in [1.29, 1.82) is 0 Å². The summed E-state index contributed by atoms with van der Waals surface area (Å²) in [5, 5.41) is 3.58. The number of nitrogens with one attached hydrogen (secondary N) is 1. The maximum atomic E-state index is 12.9. The molecule has 0 bridgehead atoms. The molecule has 3 heterocycles. The van der Waals surface area contributed by atoms with Gasteiger partial charge in [-0.05, 0) is 57.1 Å². The number of hydrogen-bond acceptors (Lipinski definition) is 4. The lowest BCUT2D eigenvalue weighted by Gasteiger charge is -2.39. The van der Waals surface area contributed by atoms with Crippen molar-refractivity contribution in [2.45, 2.75) is 69.4 Å². The molecule has 1 aromatic heterocycles. The topological polar surface area (TPSA) is 54.5 Å². The number of carbonyl (C=O) groups excluding carboxylic acids is 1. The van der Waals surface area contributed by atoms with Crippen LogP contribution >= 0.6 is 0 Å². The summed E-state index contributed by atoms with van der Waals surface area (Å²) in [5.74, 6) is 0.871. The summed E-state index contributed by atoms with van der Waals surface area (Å²) in [5.41, 5.74) is 0.790. The highest BCUT2D eigenvalue weighted by molar-refractivity contribution is 5.98. The predicted molar refractivity (Wildman–Crippen MR) is 97.8 cm³/mol. The number of aromatic nitrogens is 1. The summed E-state index contributed by atoms with van der Waals surface area (Å²) in [7, 11) is 0. The number of piperidine rings is 1. The minimum Gasteiger partial charge on any atom is -0.375 e. The third kappa shape index (κ3) is 3.66. The summed E-state index contributed by atoms with van der Waals surface area (Å²) in [4.78, 5) is 19.4. The number of carbonyl (C=O) groups is 1. The number of pyridine rings is 1. The standard InChI is InChI=1S/C20H29N3O2/c24-19(23-12-4-1-5-13-23)17-7-6-11-21-18(17)22-16-8-14-25-20(15-16)9-2-3-10-20/h6-7,11,16H,1-5,8-10,12-15H2,(H,21,22). The Kier molecular flexibility index (Phi) is 4.93. The molecule has 3 fully saturated rings. The van der Waals surface area contributed by atoms with Crippen molar-refractivity contribution >= 4 is 11.7 Å². The first-order chi connectivity index (χ1) is 12.3. The SMILES string of the molecule is O=C(c1cccnc1NC1CCOC2(CCCC2)C1)N1CCCCC1. The van der Waals surface area contributed by atoms with Gasteiger partial charge in [0.15, 0.2) is 0 Å². The van der Waals surface area contributed by atoms with Crippen molar-refractivity contribution in [2.75, 3.05) is 25.0 Å². The van der Waals surface area contributed by atoms with E-state index in [1.54, 1.807) is 6.20 Å². The highest BCUT2D eigenvalue weighted by atomic mass is 16.5. The molecule has 1 amide bonds. The van der Waals surface area contributed by atoms with Crippen molar-refractivity contribution in [3.63, 3.8) is 0 Å². The minimum absolute atomic E-state index is 0.0712. The molecule has 1 N–H and O–H groups in total. The number of ether oxygens (including phenoxy) is 1. The Morgan fingerprint density at radius 3 is 2.80 bits per heavy atom.